The molecule has 3 heterocycles. The maximum atomic E-state index is 14.6. The van der Waals surface area contributed by atoms with Gasteiger partial charge in [0.2, 0.25) is 0 Å². The molecular weight excluding hydrogens is 457 g/mol. The number of rotatable bonds is 6. The summed E-state index contributed by atoms with van der Waals surface area (Å²) in [7, 11) is 1.68. The maximum Gasteiger partial charge on any atom is 0.128 e. The Kier molecular flexibility index (Phi) is 6.13. The number of hydrogen-bond acceptors (Lipinski definition) is 6. The molecule has 1 unspecified atom stereocenters. The summed E-state index contributed by atoms with van der Waals surface area (Å²) in [6.07, 6.45) is 4.42. The summed E-state index contributed by atoms with van der Waals surface area (Å²) in [5.74, 6) is 1.24. The zero-order valence-electron chi connectivity index (χ0n) is 20.3. The predicted molar refractivity (Wildman–Crippen MR) is 136 cm³/mol. The van der Waals surface area contributed by atoms with Crippen molar-refractivity contribution in [2.24, 2.45) is 0 Å². The summed E-state index contributed by atoms with van der Waals surface area (Å²) in [5, 5.41) is 0. The monoisotopic (exact) mass is 487 g/mol. The zero-order valence-corrected chi connectivity index (χ0v) is 20.3. The van der Waals surface area contributed by atoms with Crippen LogP contribution in [0, 0.1) is 5.82 Å². The van der Waals surface area contributed by atoms with E-state index >= 15 is 0 Å². The van der Waals surface area contributed by atoms with Gasteiger partial charge in [-0.25, -0.2) is 9.82 Å². The molecule has 2 fully saturated rings. The number of anilines is 1. The molecule has 0 amide bonds. The standard InChI is InChI=1S/C29H30FN3O3/c1-34-29(11-13-35-14-12-29)23-16-24(30)18-25(17-23)36-19-20-7-9-26-22(15-20)8-10-27-31-32-28(33(26)27)21-5-3-2-4-6-21/h2-7,9-10,15-18,28,31-32H,8,11-14,19H2,1H3. The molecule has 0 spiro atoms. The maximum absolute atomic E-state index is 14.6. The van der Waals surface area contributed by atoms with Gasteiger partial charge in [-0.15, -0.1) is 0 Å². The number of fused-ring (bicyclic) bond motifs is 3. The number of nitrogens with one attached hydrogen (secondary N) is 2. The molecule has 3 aliphatic heterocycles. The van der Waals surface area contributed by atoms with Crippen molar-refractivity contribution in [3.63, 3.8) is 0 Å². The molecule has 6 rings (SSSR count). The van der Waals surface area contributed by atoms with Gasteiger partial charge in [0.25, 0.3) is 0 Å². The third-order valence-electron chi connectivity index (χ3n) is 7.38. The first-order valence-electron chi connectivity index (χ1n) is 12.4. The third-order valence-corrected chi connectivity index (χ3v) is 7.38. The molecule has 7 heteroatoms. The largest absolute Gasteiger partial charge is 0.489 e. The second kappa shape index (κ2) is 9.58. The fourth-order valence-corrected chi connectivity index (χ4v) is 5.41. The van der Waals surface area contributed by atoms with Crippen molar-refractivity contribution in [1.29, 1.82) is 0 Å². The van der Waals surface area contributed by atoms with Crippen molar-refractivity contribution in [3.8, 4) is 5.75 Å². The lowest BCUT2D eigenvalue weighted by atomic mass is 9.86. The van der Waals surface area contributed by atoms with Gasteiger partial charge < -0.3 is 24.5 Å². The minimum atomic E-state index is -0.540. The second-order valence-corrected chi connectivity index (χ2v) is 9.48. The molecule has 3 aromatic carbocycles. The number of nitrogens with zero attached hydrogens (tertiary/aromatic N) is 1. The van der Waals surface area contributed by atoms with E-state index in [2.05, 4.69) is 64.3 Å². The lowest BCUT2D eigenvalue weighted by Crippen LogP contribution is -2.35. The fourth-order valence-electron chi connectivity index (χ4n) is 5.41. The highest BCUT2D eigenvalue weighted by Crippen LogP contribution is 2.39. The Morgan fingerprint density at radius 2 is 1.89 bits per heavy atom. The Hall–Kier alpha value is -3.39. The van der Waals surface area contributed by atoms with Crippen molar-refractivity contribution in [1.82, 2.24) is 10.9 Å². The topological polar surface area (TPSA) is 55.0 Å². The first-order chi connectivity index (χ1) is 17.6. The Morgan fingerprint density at radius 1 is 1.06 bits per heavy atom. The Morgan fingerprint density at radius 3 is 2.69 bits per heavy atom. The van der Waals surface area contributed by atoms with Gasteiger partial charge >= 0.3 is 0 Å². The van der Waals surface area contributed by atoms with Crippen molar-refractivity contribution < 1.29 is 18.6 Å². The third kappa shape index (κ3) is 4.23. The van der Waals surface area contributed by atoms with Gasteiger partial charge in [-0.3, -0.25) is 0 Å². The van der Waals surface area contributed by atoms with Gasteiger partial charge in [0.15, 0.2) is 0 Å². The van der Waals surface area contributed by atoms with Crippen LogP contribution in [0.1, 0.15) is 41.3 Å². The van der Waals surface area contributed by atoms with Crippen LogP contribution in [-0.4, -0.2) is 20.3 Å². The van der Waals surface area contributed by atoms with E-state index in [9.17, 15) is 4.39 Å². The van der Waals surface area contributed by atoms with Gasteiger partial charge in [-0.05, 0) is 52.9 Å². The molecule has 2 N–H and O–H groups in total. The number of benzene rings is 3. The van der Waals surface area contributed by atoms with E-state index in [4.69, 9.17) is 14.2 Å². The molecule has 0 aliphatic carbocycles. The van der Waals surface area contributed by atoms with E-state index in [1.165, 1.54) is 17.2 Å². The van der Waals surface area contributed by atoms with Crippen LogP contribution in [0.4, 0.5) is 10.1 Å². The van der Waals surface area contributed by atoms with Gasteiger partial charge in [0, 0.05) is 44.9 Å². The van der Waals surface area contributed by atoms with E-state index in [-0.39, 0.29) is 12.0 Å². The quantitative estimate of drug-likeness (QED) is 0.507. The van der Waals surface area contributed by atoms with Gasteiger partial charge in [0.05, 0.1) is 5.60 Å². The summed E-state index contributed by atoms with van der Waals surface area (Å²) in [4.78, 5) is 2.29. The van der Waals surface area contributed by atoms with Crippen LogP contribution in [0.15, 0.2) is 78.6 Å². The Bertz CT molecular complexity index is 1270. The summed E-state index contributed by atoms with van der Waals surface area (Å²) in [6.45, 7) is 1.55. The molecule has 2 saturated heterocycles. The Balaban J connectivity index is 1.21. The molecule has 1 atom stereocenters. The van der Waals surface area contributed by atoms with Crippen molar-refractivity contribution >= 4 is 5.69 Å². The first kappa shape index (κ1) is 23.0. The zero-order chi connectivity index (χ0) is 24.5. The van der Waals surface area contributed by atoms with E-state index in [1.54, 1.807) is 13.2 Å². The summed E-state index contributed by atoms with van der Waals surface area (Å²) in [5.41, 5.74) is 11.6. The first-order valence-corrected chi connectivity index (χ1v) is 12.4. The van der Waals surface area contributed by atoms with Crippen LogP contribution in [0.3, 0.4) is 0 Å². The number of ether oxygens (including phenoxy) is 3. The molecule has 0 radical (unpaired) electrons. The van der Waals surface area contributed by atoms with E-state index in [0.717, 1.165) is 29.1 Å². The summed E-state index contributed by atoms with van der Waals surface area (Å²) in [6, 6.07) is 21.7. The Labute approximate surface area is 210 Å². The molecule has 0 saturated carbocycles. The molecule has 186 valence electrons. The lowest BCUT2D eigenvalue weighted by molar-refractivity contribution is -0.0950. The molecule has 3 aromatic rings. The van der Waals surface area contributed by atoms with Crippen LogP contribution in [0.25, 0.3) is 0 Å². The SMILES string of the molecule is COC1(c2cc(F)cc(OCc3ccc4c(c3)CC=C3NNC(c5ccccc5)N34)c2)CCOCC1. The number of methoxy groups -OCH3 is 1. The van der Waals surface area contributed by atoms with Gasteiger partial charge in [0.1, 0.15) is 30.2 Å². The van der Waals surface area contributed by atoms with Crippen LogP contribution in [-0.2, 0) is 28.1 Å². The van der Waals surface area contributed by atoms with E-state index < -0.39 is 5.60 Å². The predicted octanol–water partition coefficient (Wildman–Crippen LogP) is 5.07. The molecule has 0 bridgehead atoms. The molecule has 36 heavy (non-hydrogen) atoms. The van der Waals surface area contributed by atoms with Crippen molar-refractivity contribution in [2.45, 2.75) is 37.6 Å². The molecule has 6 nitrogen and oxygen atoms in total. The lowest BCUT2D eigenvalue weighted by Gasteiger charge is -2.36. The van der Waals surface area contributed by atoms with E-state index in [1.807, 2.05) is 12.1 Å². The average molecular weight is 488 g/mol. The van der Waals surface area contributed by atoms with E-state index in [0.29, 0.717) is 38.4 Å². The van der Waals surface area contributed by atoms with Crippen molar-refractivity contribution in [3.05, 3.63) is 107 Å². The molecule has 0 aromatic heterocycles. The number of halogens is 1. The number of hydrazine groups is 1. The number of hydrogen-bond donors (Lipinski definition) is 2. The highest BCUT2D eigenvalue weighted by molar-refractivity contribution is 5.64. The van der Waals surface area contributed by atoms with Crippen LogP contribution in [0.5, 0.6) is 5.75 Å². The fraction of sp³-hybridized carbons (Fsp3) is 0.310. The normalized spacial score (nSPS) is 20.2. The summed E-state index contributed by atoms with van der Waals surface area (Å²) < 4.78 is 32.0. The van der Waals surface area contributed by atoms with Crippen LogP contribution < -0.4 is 20.5 Å². The number of allylic oxidation sites excluding steroid dienone is 1. The average Bonchev–Trinajstić information content (AvgIpc) is 3.37. The molecular formula is C29H30FN3O3. The minimum absolute atomic E-state index is 0.0163. The van der Waals surface area contributed by atoms with Crippen LogP contribution in [0.2, 0.25) is 0 Å². The minimum Gasteiger partial charge on any atom is -0.489 e. The van der Waals surface area contributed by atoms with Gasteiger partial charge in [-0.2, -0.15) is 0 Å². The summed E-state index contributed by atoms with van der Waals surface area (Å²) >= 11 is 0. The smallest absolute Gasteiger partial charge is 0.128 e. The van der Waals surface area contributed by atoms with Crippen molar-refractivity contribution in [2.75, 3.05) is 25.2 Å². The molecule has 3 aliphatic rings. The highest BCUT2D eigenvalue weighted by Gasteiger charge is 2.35. The second-order valence-electron chi connectivity index (χ2n) is 9.48. The van der Waals surface area contributed by atoms with Gasteiger partial charge in [-0.1, -0.05) is 42.5 Å². The van der Waals surface area contributed by atoms with Crippen LogP contribution >= 0.6 is 0 Å². The highest BCUT2D eigenvalue weighted by atomic mass is 19.1.